The van der Waals surface area contributed by atoms with Gasteiger partial charge in [0.15, 0.2) is 0 Å². The SMILES string of the molecule is NN1CCC(CCN2CCN(c3ccc(NN4C(=O)CCCC4=O)cc3F)CC2)CC1. The molecule has 3 aliphatic rings. The van der Waals surface area contributed by atoms with Gasteiger partial charge in [-0.1, -0.05) is 0 Å². The van der Waals surface area contributed by atoms with E-state index in [0.29, 0.717) is 30.6 Å². The van der Waals surface area contributed by atoms with E-state index in [0.717, 1.165) is 56.7 Å². The Balaban J connectivity index is 1.26. The molecular formula is C22H33FN6O2. The molecule has 9 heteroatoms. The van der Waals surface area contributed by atoms with Crippen LogP contribution in [-0.2, 0) is 9.59 Å². The van der Waals surface area contributed by atoms with Gasteiger partial charge in [0.1, 0.15) is 5.82 Å². The van der Waals surface area contributed by atoms with Crippen molar-refractivity contribution in [2.45, 2.75) is 38.5 Å². The van der Waals surface area contributed by atoms with E-state index in [1.807, 2.05) is 5.01 Å². The van der Waals surface area contributed by atoms with Crippen LogP contribution in [0.4, 0.5) is 15.8 Å². The fourth-order valence-electron chi connectivity index (χ4n) is 4.66. The number of rotatable bonds is 6. The average molecular weight is 433 g/mol. The monoisotopic (exact) mass is 432 g/mol. The number of imide groups is 1. The maximum atomic E-state index is 14.8. The summed E-state index contributed by atoms with van der Waals surface area (Å²) in [7, 11) is 0. The summed E-state index contributed by atoms with van der Waals surface area (Å²) >= 11 is 0. The predicted molar refractivity (Wildman–Crippen MR) is 117 cm³/mol. The summed E-state index contributed by atoms with van der Waals surface area (Å²) in [6.07, 6.45) is 4.79. The molecule has 3 fully saturated rings. The molecular weight excluding hydrogens is 399 g/mol. The van der Waals surface area contributed by atoms with Gasteiger partial charge >= 0.3 is 0 Å². The van der Waals surface area contributed by atoms with Gasteiger partial charge in [0.25, 0.3) is 0 Å². The number of nitrogens with zero attached hydrogens (tertiary/aromatic N) is 4. The van der Waals surface area contributed by atoms with Crippen molar-refractivity contribution in [3.05, 3.63) is 24.0 Å². The van der Waals surface area contributed by atoms with Crippen LogP contribution in [0.5, 0.6) is 0 Å². The smallest absolute Gasteiger partial charge is 0.248 e. The highest BCUT2D eigenvalue weighted by Gasteiger charge is 2.27. The van der Waals surface area contributed by atoms with Crippen LogP contribution < -0.4 is 16.2 Å². The van der Waals surface area contributed by atoms with E-state index < -0.39 is 0 Å². The lowest BCUT2D eigenvalue weighted by molar-refractivity contribution is -0.146. The van der Waals surface area contributed by atoms with E-state index in [1.165, 1.54) is 25.3 Å². The second-order valence-electron chi connectivity index (χ2n) is 8.85. The Labute approximate surface area is 183 Å². The zero-order valence-corrected chi connectivity index (χ0v) is 18.1. The highest BCUT2D eigenvalue weighted by atomic mass is 19.1. The third kappa shape index (κ3) is 5.53. The number of nitrogens with two attached hydrogens (primary N) is 1. The number of piperazine rings is 1. The number of anilines is 2. The number of hydrogen-bond acceptors (Lipinski definition) is 7. The topological polar surface area (TPSA) is 85.2 Å². The molecule has 1 aromatic rings. The first-order valence-electron chi connectivity index (χ1n) is 11.4. The lowest BCUT2D eigenvalue weighted by Crippen LogP contribution is -2.47. The largest absolute Gasteiger partial charge is 0.367 e. The molecule has 3 aliphatic heterocycles. The number of nitrogens with one attached hydrogen (secondary N) is 1. The number of carbonyl (C=O) groups is 2. The fraction of sp³-hybridized carbons (Fsp3) is 0.636. The summed E-state index contributed by atoms with van der Waals surface area (Å²) < 4.78 is 14.8. The Morgan fingerprint density at radius 3 is 2.32 bits per heavy atom. The Kier molecular flexibility index (Phi) is 7.04. The van der Waals surface area contributed by atoms with Crippen LogP contribution in [0.1, 0.15) is 38.5 Å². The molecule has 3 N–H and O–H groups in total. The summed E-state index contributed by atoms with van der Waals surface area (Å²) in [6.45, 7) is 6.48. The van der Waals surface area contributed by atoms with Crippen LogP contribution in [0.2, 0.25) is 0 Å². The van der Waals surface area contributed by atoms with Crippen LogP contribution in [0, 0.1) is 11.7 Å². The maximum Gasteiger partial charge on any atom is 0.248 e. The van der Waals surface area contributed by atoms with Crippen LogP contribution in [0.3, 0.4) is 0 Å². The van der Waals surface area contributed by atoms with Crippen LogP contribution in [0.25, 0.3) is 0 Å². The van der Waals surface area contributed by atoms with Crippen molar-refractivity contribution in [3.63, 3.8) is 0 Å². The lowest BCUT2D eigenvalue weighted by atomic mass is 9.94. The zero-order chi connectivity index (χ0) is 21.8. The van der Waals surface area contributed by atoms with Gasteiger partial charge in [-0.2, -0.15) is 5.01 Å². The lowest BCUT2D eigenvalue weighted by Gasteiger charge is -2.37. The molecule has 0 radical (unpaired) electrons. The van der Waals surface area contributed by atoms with Gasteiger partial charge in [-0.15, -0.1) is 0 Å². The predicted octanol–water partition coefficient (Wildman–Crippen LogP) is 1.79. The number of hydrazine groups is 2. The number of carbonyl (C=O) groups excluding carboxylic acids is 2. The fourth-order valence-corrected chi connectivity index (χ4v) is 4.66. The van der Waals surface area contributed by atoms with Gasteiger partial charge in [0, 0.05) is 58.2 Å². The normalized spacial score (nSPS) is 22.3. The summed E-state index contributed by atoms with van der Waals surface area (Å²) in [6, 6.07) is 4.82. The molecule has 0 atom stereocenters. The highest BCUT2D eigenvalue weighted by molar-refractivity contribution is 5.98. The maximum absolute atomic E-state index is 14.8. The van der Waals surface area contributed by atoms with Gasteiger partial charge in [0.05, 0.1) is 11.4 Å². The molecule has 2 amide bonds. The third-order valence-corrected chi connectivity index (χ3v) is 6.68. The van der Waals surface area contributed by atoms with Crippen molar-refractivity contribution in [1.29, 1.82) is 0 Å². The molecule has 0 aromatic heterocycles. The number of halogens is 1. The molecule has 0 bridgehead atoms. The second kappa shape index (κ2) is 9.93. The molecule has 31 heavy (non-hydrogen) atoms. The van der Waals surface area contributed by atoms with Gasteiger partial charge < -0.3 is 4.90 Å². The third-order valence-electron chi connectivity index (χ3n) is 6.68. The Morgan fingerprint density at radius 1 is 1.00 bits per heavy atom. The first-order valence-corrected chi connectivity index (χ1v) is 11.4. The van der Waals surface area contributed by atoms with Crippen molar-refractivity contribution in [3.8, 4) is 0 Å². The number of amides is 2. The molecule has 170 valence electrons. The first-order chi connectivity index (χ1) is 15.0. The summed E-state index contributed by atoms with van der Waals surface area (Å²) in [4.78, 5) is 28.4. The van der Waals surface area contributed by atoms with Crippen LogP contribution in [0.15, 0.2) is 18.2 Å². The first kappa shape index (κ1) is 22.0. The highest BCUT2D eigenvalue weighted by Crippen LogP contribution is 2.26. The summed E-state index contributed by atoms with van der Waals surface area (Å²) in [5.74, 6) is 5.71. The number of piperidine rings is 2. The van der Waals surface area contributed by atoms with Gasteiger partial charge in [-0.25, -0.2) is 9.40 Å². The minimum atomic E-state index is -0.344. The minimum absolute atomic E-state index is 0.273. The number of hydrogen-bond donors (Lipinski definition) is 2. The number of benzene rings is 1. The van der Waals surface area contributed by atoms with E-state index in [9.17, 15) is 14.0 Å². The molecule has 0 saturated carbocycles. The standard InChI is InChI=1S/C22H33FN6O2/c23-19-16-18(25-29-21(30)2-1-3-22(29)31)4-5-20(19)27-14-12-26(13-15-27)9-6-17-7-10-28(24)11-8-17/h4-5,16-17,25H,1-3,6-15,24H2. The Bertz CT molecular complexity index is 774. The van der Waals surface area contributed by atoms with E-state index in [2.05, 4.69) is 15.2 Å². The van der Waals surface area contributed by atoms with Crippen molar-refractivity contribution in [2.24, 2.45) is 11.8 Å². The quantitative estimate of drug-likeness (QED) is 0.524. The van der Waals surface area contributed by atoms with E-state index >= 15 is 0 Å². The molecule has 3 heterocycles. The molecule has 4 rings (SSSR count). The molecule has 8 nitrogen and oxygen atoms in total. The van der Waals surface area contributed by atoms with E-state index in [4.69, 9.17) is 5.84 Å². The second-order valence-corrected chi connectivity index (χ2v) is 8.85. The molecule has 0 aliphatic carbocycles. The van der Waals surface area contributed by atoms with Crippen molar-refractivity contribution >= 4 is 23.2 Å². The van der Waals surface area contributed by atoms with Gasteiger partial charge in [0.2, 0.25) is 11.8 Å². The molecule has 0 unspecified atom stereocenters. The van der Waals surface area contributed by atoms with Crippen molar-refractivity contribution < 1.29 is 14.0 Å². The minimum Gasteiger partial charge on any atom is -0.367 e. The van der Waals surface area contributed by atoms with Crippen LogP contribution >= 0.6 is 0 Å². The van der Waals surface area contributed by atoms with Gasteiger partial charge in [-0.3, -0.25) is 25.8 Å². The molecule has 0 spiro atoms. The van der Waals surface area contributed by atoms with Crippen LogP contribution in [-0.4, -0.2) is 72.5 Å². The summed E-state index contributed by atoms with van der Waals surface area (Å²) in [5, 5.41) is 2.92. The van der Waals surface area contributed by atoms with E-state index in [-0.39, 0.29) is 17.6 Å². The van der Waals surface area contributed by atoms with Gasteiger partial charge in [-0.05, 0) is 50.3 Å². The molecule has 1 aromatic carbocycles. The average Bonchev–Trinajstić information content (AvgIpc) is 2.77. The zero-order valence-electron chi connectivity index (χ0n) is 18.1. The molecule has 3 saturated heterocycles. The Hall–Kier alpha value is -2.23. The Morgan fingerprint density at radius 2 is 1.68 bits per heavy atom. The van der Waals surface area contributed by atoms with Crippen molar-refractivity contribution in [1.82, 2.24) is 14.9 Å². The van der Waals surface area contributed by atoms with E-state index in [1.54, 1.807) is 12.1 Å². The van der Waals surface area contributed by atoms with Crippen molar-refractivity contribution in [2.75, 3.05) is 56.1 Å². The summed E-state index contributed by atoms with van der Waals surface area (Å²) in [5.41, 5.74) is 3.74.